The number of ether oxygens (including phenoxy) is 1. The fraction of sp³-hybridized carbons (Fsp3) is 0.588. The molecule has 1 saturated heterocycles. The van der Waals surface area contributed by atoms with Crippen molar-refractivity contribution in [2.75, 3.05) is 37.5 Å². The summed E-state index contributed by atoms with van der Waals surface area (Å²) in [6.07, 6.45) is 4.04. The van der Waals surface area contributed by atoms with Crippen molar-refractivity contribution in [3.05, 3.63) is 24.3 Å². The van der Waals surface area contributed by atoms with Gasteiger partial charge in [0.2, 0.25) is 5.91 Å². The molecule has 2 rings (SSSR count). The third kappa shape index (κ3) is 4.57. The largest absolute Gasteiger partial charge is 0.497 e. The van der Waals surface area contributed by atoms with Gasteiger partial charge in [-0.15, -0.1) is 0 Å². The average Bonchev–Trinajstić information content (AvgIpc) is 2.55. The van der Waals surface area contributed by atoms with Crippen molar-refractivity contribution in [1.29, 1.82) is 0 Å². The van der Waals surface area contributed by atoms with Crippen molar-refractivity contribution in [2.45, 2.75) is 25.8 Å². The van der Waals surface area contributed by atoms with Gasteiger partial charge in [-0.25, -0.2) is 0 Å². The second kappa shape index (κ2) is 8.32. The van der Waals surface area contributed by atoms with Crippen LogP contribution in [-0.4, -0.2) is 49.1 Å². The second-order valence-electron chi connectivity index (χ2n) is 5.83. The lowest BCUT2D eigenvalue weighted by Gasteiger charge is -2.34. The van der Waals surface area contributed by atoms with Crippen LogP contribution in [0.4, 0.5) is 5.69 Å². The first-order valence-corrected chi connectivity index (χ1v) is 9.21. The minimum atomic E-state index is 0.123. The number of carbonyl (C=O) groups is 1. The maximum absolute atomic E-state index is 12.3. The van der Waals surface area contributed by atoms with Gasteiger partial charge in [0, 0.05) is 42.6 Å². The third-order valence-electron chi connectivity index (χ3n) is 4.09. The molecule has 122 valence electrons. The van der Waals surface area contributed by atoms with Gasteiger partial charge in [-0.1, -0.05) is 13.0 Å². The summed E-state index contributed by atoms with van der Waals surface area (Å²) in [7, 11) is 1.68. The highest BCUT2D eigenvalue weighted by Crippen LogP contribution is 2.21. The van der Waals surface area contributed by atoms with E-state index in [1.807, 2.05) is 36.3 Å². The number of nitrogens with one attached hydrogen (secondary N) is 1. The number of rotatable bonds is 6. The Morgan fingerprint density at radius 3 is 2.82 bits per heavy atom. The molecule has 0 radical (unpaired) electrons. The molecule has 1 aliphatic heterocycles. The molecule has 1 aromatic rings. The third-order valence-corrected chi connectivity index (χ3v) is 4.92. The highest BCUT2D eigenvalue weighted by Gasteiger charge is 2.25. The number of hydrogen-bond donors (Lipinski definition) is 1. The highest BCUT2D eigenvalue weighted by molar-refractivity contribution is 7.98. The highest BCUT2D eigenvalue weighted by atomic mass is 32.2. The van der Waals surface area contributed by atoms with Gasteiger partial charge in [-0.05, 0) is 31.2 Å². The molecule has 1 N–H and O–H groups in total. The first-order valence-electron chi connectivity index (χ1n) is 7.82. The van der Waals surface area contributed by atoms with Crippen LogP contribution in [0.2, 0.25) is 0 Å². The van der Waals surface area contributed by atoms with Crippen LogP contribution < -0.4 is 10.1 Å². The van der Waals surface area contributed by atoms with E-state index in [-0.39, 0.29) is 5.92 Å². The van der Waals surface area contributed by atoms with Crippen molar-refractivity contribution < 1.29 is 9.53 Å². The van der Waals surface area contributed by atoms with Gasteiger partial charge in [0.25, 0.3) is 0 Å². The number of piperidine rings is 1. The number of amides is 1. The molecule has 1 fully saturated rings. The molecule has 0 bridgehead atoms. The quantitative estimate of drug-likeness (QED) is 0.874. The maximum atomic E-state index is 12.3. The van der Waals surface area contributed by atoms with E-state index in [9.17, 15) is 4.79 Å². The molecule has 4 nitrogen and oxygen atoms in total. The van der Waals surface area contributed by atoms with Crippen LogP contribution >= 0.6 is 11.8 Å². The smallest absolute Gasteiger partial charge is 0.226 e. The molecule has 1 heterocycles. The zero-order valence-electron chi connectivity index (χ0n) is 13.7. The molecule has 22 heavy (non-hydrogen) atoms. The Kier molecular flexibility index (Phi) is 6.43. The number of hydrogen-bond acceptors (Lipinski definition) is 4. The summed E-state index contributed by atoms with van der Waals surface area (Å²) in [4.78, 5) is 14.3. The first kappa shape index (κ1) is 17.0. The Hall–Kier alpha value is -1.36. The minimum Gasteiger partial charge on any atom is -0.497 e. The molecule has 0 spiro atoms. The van der Waals surface area contributed by atoms with Gasteiger partial charge in [0.05, 0.1) is 7.11 Å². The van der Waals surface area contributed by atoms with Crippen molar-refractivity contribution in [3.63, 3.8) is 0 Å². The van der Waals surface area contributed by atoms with Crippen LogP contribution in [0.5, 0.6) is 5.75 Å². The maximum Gasteiger partial charge on any atom is 0.226 e. The molecular formula is C17H26N2O2S. The normalized spacial score (nSPS) is 17.1. The minimum absolute atomic E-state index is 0.123. The van der Waals surface area contributed by atoms with Crippen molar-refractivity contribution in [1.82, 2.24) is 4.90 Å². The molecule has 1 aromatic carbocycles. The van der Waals surface area contributed by atoms with Crippen LogP contribution in [-0.2, 0) is 4.79 Å². The van der Waals surface area contributed by atoms with Crippen molar-refractivity contribution in [3.8, 4) is 5.75 Å². The zero-order valence-corrected chi connectivity index (χ0v) is 14.5. The van der Waals surface area contributed by atoms with E-state index in [1.165, 1.54) is 0 Å². The topological polar surface area (TPSA) is 41.6 Å². The van der Waals surface area contributed by atoms with Crippen molar-refractivity contribution >= 4 is 23.4 Å². The van der Waals surface area contributed by atoms with E-state index >= 15 is 0 Å². The standard InChI is InChI=1S/C17H26N2O2S/c1-13(12-22-3)17(20)19-9-7-14(8-10-19)18-15-5-4-6-16(11-15)21-2/h4-6,11,13-14,18H,7-10,12H2,1-3H3/t13-/m1/s1. The summed E-state index contributed by atoms with van der Waals surface area (Å²) in [6, 6.07) is 8.43. The predicted octanol–water partition coefficient (Wildman–Crippen LogP) is 3.10. The van der Waals surface area contributed by atoms with E-state index in [1.54, 1.807) is 18.9 Å². The summed E-state index contributed by atoms with van der Waals surface area (Å²) >= 11 is 1.74. The number of methoxy groups -OCH3 is 1. The molecule has 0 unspecified atom stereocenters. The molecule has 0 aliphatic carbocycles. The number of thioether (sulfide) groups is 1. The predicted molar refractivity (Wildman–Crippen MR) is 93.8 cm³/mol. The Labute approximate surface area is 137 Å². The molecule has 5 heteroatoms. The second-order valence-corrected chi connectivity index (χ2v) is 6.74. The zero-order chi connectivity index (χ0) is 15.9. The van der Waals surface area contributed by atoms with E-state index in [2.05, 4.69) is 11.4 Å². The van der Waals surface area contributed by atoms with Gasteiger partial charge < -0.3 is 15.0 Å². The molecule has 1 amide bonds. The molecule has 0 aromatic heterocycles. The monoisotopic (exact) mass is 322 g/mol. The average molecular weight is 322 g/mol. The Morgan fingerprint density at radius 2 is 2.18 bits per heavy atom. The van der Waals surface area contributed by atoms with Gasteiger partial charge >= 0.3 is 0 Å². The lowest BCUT2D eigenvalue weighted by Crippen LogP contribution is -2.44. The van der Waals surface area contributed by atoms with Gasteiger partial charge in [0.15, 0.2) is 0 Å². The van der Waals surface area contributed by atoms with E-state index < -0.39 is 0 Å². The van der Waals surface area contributed by atoms with Crippen LogP contribution in [0.3, 0.4) is 0 Å². The molecule has 1 atom stereocenters. The Morgan fingerprint density at radius 1 is 1.45 bits per heavy atom. The number of nitrogens with zero attached hydrogens (tertiary/aromatic N) is 1. The van der Waals surface area contributed by atoms with Crippen LogP contribution in [0.1, 0.15) is 19.8 Å². The van der Waals surface area contributed by atoms with Gasteiger partial charge in [-0.2, -0.15) is 11.8 Å². The van der Waals surface area contributed by atoms with Crippen LogP contribution in [0.15, 0.2) is 24.3 Å². The van der Waals surface area contributed by atoms with Crippen LogP contribution in [0, 0.1) is 5.92 Å². The summed E-state index contributed by atoms with van der Waals surface area (Å²) in [5, 5.41) is 3.55. The van der Waals surface area contributed by atoms with E-state index in [4.69, 9.17) is 4.74 Å². The summed E-state index contributed by atoms with van der Waals surface area (Å²) in [6.45, 7) is 3.72. The molecule has 0 saturated carbocycles. The summed E-state index contributed by atoms with van der Waals surface area (Å²) in [5.74, 6) is 2.19. The Bertz CT molecular complexity index is 487. The van der Waals surface area contributed by atoms with Crippen LogP contribution in [0.25, 0.3) is 0 Å². The van der Waals surface area contributed by atoms with E-state index in [0.29, 0.717) is 11.9 Å². The summed E-state index contributed by atoms with van der Waals surface area (Å²) in [5.41, 5.74) is 1.08. The van der Waals surface area contributed by atoms with E-state index in [0.717, 1.165) is 43.1 Å². The SMILES string of the molecule is COc1cccc(NC2CCN(C(=O)[C@H](C)CSC)CC2)c1. The molecule has 1 aliphatic rings. The Balaban J connectivity index is 1.83. The lowest BCUT2D eigenvalue weighted by atomic mass is 10.0. The lowest BCUT2D eigenvalue weighted by molar-refractivity contribution is -0.135. The number of carbonyl (C=O) groups excluding carboxylic acids is 1. The fourth-order valence-electron chi connectivity index (χ4n) is 2.83. The van der Waals surface area contributed by atoms with Crippen molar-refractivity contribution in [2.24, 2.45) is 5.92 Å². The number of anilines is 1. The number of benzene rings is 1. The summed E-state index contributed by atoms with van der Waals surface area (Å²) < 4.78 is 5.25. The molecular weight excluding hydrogens is 296 g/mol. The fourth-order valence-corrected chi connectivity index (χ4v) is 3.47. The van der Waals surface area contributed by atoms with Gasteiger partial charge in [-0.3, -0.25) is 4.79 Å². The first-order chi connectivity index (χ1) is 10.6. The number of likely N-dealkylation sites (tertiary alicyclic amines) is 1. The van der Waals surface area contributed by atoms with Gasteiger partial charge in [0.1, 0.15) is 5.75 Å².